The molecule has 0 fully saturated rings. The highest BCUT2D eigenvalue weighted by Gasteiger charge is 2.38. The van der Waals surface area contributed by atoms with Crippen molar-refractivity contribution in [3.63, 3.8) is 0 Å². The molecule has 0 amide bonds. The van der Waals surface area contributed by atoms with Crippen LogP contribution in [0.1, 0.15) is 22.3 Å². The molecule has 0 aliphatic carbocycles. The van der Waals surface area contributed by atoms with E-state index in [1.165, 1.54) is 43.5 Å². The fourth-order valence-electron chi connectivity index (χ4n) is 3.09. The van der Waals surface area contributed by atoms with Crippen LogP contribution in [-0.2, 0) is 6.18 Å². The van der Waals surface area contributed by atoms with Crippen molar-refractivity contribution in [2.24, 2.45) is 0 Å². The lowest BCUT2D eigenvalue weighted by Crippen LogP contribution is -2.14. The average Bonchev–Trinajstić information content (AvgIpc) is 2.71. The number of allylic oxidation sites excluding steroid dienone is 1. The molecular weight excluding hydrogens is 406 g/mol. The molecule has 0 N–H and O–H groups in total. The van der Waals surface area contributed by atoms with Crippen LogP contribution in [0.25, 0.3) is 11.1 Å². The summed E-state index contributed by atoms with van der Waals surface area (Å²) in [5.74, 6) is 0.385. The van der Waals surface area contributed by atoms with Gasteiger partial charge in [0.1, 0.15) is 5.75 Å². The zero-order valence-electron chi connectivity index (χ0n) is 15.7. The molecule has 0 bridgehead atoms. The summed E-state index contributed by atoms with van der Waals surface area (Å²) in [6, 6.07) is 16.8. The third-order valence-corrected chi connectivity index (χ3v) is 4.48. The first kappa shape index (κ1) is 21.5. The summed E-state index contributed by atoms with van der Waals surface area (Å²) in [5, 5.41) is 0. The molecule has 156 valence electrons. The minimum atomic E-state index is -4.76. The summed E-state index contributed by atoms with van der Waals surface area (Å²) in [6.45, 7) is 0. The first-order chi connectivity index (χ1) is 14.1. The standard InChI is InChI=1S/C23H16F6O/c1-30-19-13-9-17(10-14-19)21(23(27,28)29)20(15-5-3-2-4-6-15)16-7-11-18(12-8-16)22(24,25)26/h2-14H,1H3/b21-20+. The molecule has 0 saturated heterocycles. The molecule has 3 rings (SSSR count). The van der Waals surface area contributed by atoms with E-state index in [0.29, 0.717) is 5.75 Å². The fraction of sp³-hybridized carbons (Fsp3) is 0.130. The molecule has 3 aromatic rings. The van der Waals surface area contributed by atoms with Crippen molar-refractivity contribution in [3.05, 3.63) is 101 Å². The van der Waals surface area contributed by atoms with Gasteiger partial charge >= 0.3 is 12.4 Å². The highest BCUT2D eigenvalue weighted by atomic mass is 19.4. The summed E-state index contributed by atoms with van der Waals surface area (Å²) >= 11 is 0. The second-order valence-corrected chi connectivity index (χ2v) is 6.42. The molecular formula is C23H16F6O. The lowest BCUT2D eigenvalue weighted by Gasteiger charge is -2.20. The largest absolute Gasteiger partial charge is 0.497 e. The van der Waals surface area contributed by atoms with Gasteiger partial charge in [-0.25, -0.2) is 0 Å². The summed E-state index contributed by atoms with van der Waals surface area (Å²) in [5.41, 5.74) is -1.95. The van der Waals surface area contributed by atoms with Gasteiger partial charge in [0.2, 0.25) is 0 Å². The highest BCUT2D eigenvalue weighted by Crippen LogP contribution is 2.43. The predicted octanol–water partition coefficient (Wildman–Crippen LogP) is 7.24. The number of alkyl halides is 6. The quantitative estimate of drug-likeness (QED) is 0.318. The van der Waals surface area contributed by atoms with Gasteiger partial charge < -0.3 is 4.74 Å². The van der Waals surface area contributed by atoms with Gasteiger partial charge in [-0.1, -0.05) is 54.6 Å². The molecule has 0 spiro atoms. The molecule has 0 radical (unpaired) electrons. The van der Waals surface area contributed by atoms with E-state index in [1.54, 1.807) is 18.2 Å². The van der Waals surface area contributed by atoms with Crippen LogP contribution in [0.4, 0.5) is 26.3 Å². The van der Waals surface area contributed by atoms with E-state index < -0.39 is 23.5 Å². The number of ether oxygens (including phenoxy) is 1. The Hall–Kier alpha value is -3.22. The molecule has 1 nitrogen and oxygen atoms in total. The van der Waals surface area contributed by atoms with Crippen LogP contribution in [0.5, 0.6) is 5.75 Å². The second kappa shape index (κ2) is 8.26. The molecule has 7 heteroatoms. The number of methoxy groups -OCH3 is 1. The van der Waals surface area contributed by atoms with Crippen LogP contribution in [-0.4, -0.2) is 13.3 Å². The van der Waals surface area contributed by atoms with Crippen molar-refractivity contribution in [2.45, 2.75) is 12.4 Å². The Labute approximate surface area is 169 Å². The van der Waals surface area contributed by atoms with Crippen LogP contribution >= 0.6 is 0 Å². The van der Waals surface area contributed by atoms with Crippen molar-refractivity contribution in [3.8, 4) is 5.75 Å². The maximum atomic E-state index is 14.2. The van der Waals surface area contributed by atoms with Gasteiger partial charge in [0, 0.05) is 5.57 Å². The molecule has 0 aliphatic rings. The number of benzene rings is 3. The van der Waals surface area contributed by atoms with Crippen LogP contribution < -0.4 is 4.74 Å². The van der Waals surface area contributed by atoms with Crippen molar-refractivity contribution < 1.29 is 31.1 Å². The topological polar surface area (TPSA) is 9.23 Å². The molecule has 0 unspecified atom stereocenters. The van der Waals surface area contributed by atoms with Gasteiger partial charge in [0.15, 0.2) is 0 Å². The zero-order chi connectivity index (χ0) is 21.9. The predicted molar refractivity (Wildman–Crippen MR) is 103 cm³/mol. The molecule has 30 heavy (non-hydrogen) atoms. The SMILES string of the molecule is COc1ccc(/C(=C(/c2ccccc2)c2ccc(C(F)(F)F)cc2)C(F)(F)F)cc1. The van der Waals surface area contributed by atoms with Gasteiger partial charge in [0.05, 0.1) is 18.2 Å². The summed E-state index contributed by atoms with van der Waals surface area (Å²) in [4.78, 5) is 0. The third kappa shape index (κ3) is 4.67. The summed E-state index contributed by atoms with van der Waals surface area (Å²) in [6.07, 6.45) is -9.35. The number of hydrogen-bond acceptors (Lipinski definition) is 1. The van der Waals surface area contributed by atoms with Crippen LogP contribution in [0.15, 0.2) is 78.9 Å². The van der Waals surface area contributed by atoms with Gasteiger partial charge in [0.25, 0.3) is 0 Å². The third-order valence-electron chi connectivity index (χ3n) is 4.48. The van der Waals surface area contributed by atoms with Gasteiger partial charge in [-0.3, -0.25) is 0 Å². The fourth-order valence-corrected chi connectivity index (χ4v) is 3.09. The van der Waals surface area contributed by atoms with Crippen molar-refractivity contribution in [1.82, 2.24) is 0 Å². The Morgan fingerprint density at radius 3 is 1.60 bits per heavy atom. The molecule has 3 aromatic carbocycles. The van der Waals surface area contributed by atoms with Crippen LogP contribution in [0.3, 0.4) is 0 Å². The lowest BCUT2D eigenvalue weighted by atomic mass is 9.88. The minimum absolute atomic E-state index is 0.0253. The maximum absolute atomic E-state index is 14.2. The van der Waals surface area contributed by atoms with E-state index in [0.717, 1.165) is 24.3 Å². The van der Waals surface area contributed by atoms with Crippen molar-refractivity contribution >= 4 is 11.1 Å². The van der Waals surface area contributed by atoms with E-state index in [4.69, 9.17) is 4.74 Å². The Kier molecular flexibility index (Phi) is 5.92. The van der Waals surface area contributed by atoms with Gasteiger partial charge in [-0.15, -0.1) is 0 Å². The molecule has 0 aliphatic heterocycles. The van der Waals surface area contributed by atoms with Crippen molar-refractivity contribution in [2.75, 3.05) is 7.11 Å². The Morgan fingerprint density at radius 2 is 1.13 bits per heavy atom. The van der Waals surface area contributed by atoms with E-state index in [9.17, 15) is 26.3 Å². The highest BCUT2D eigenvalue weighted by molar-refractivity contribution is 6.00. The first-order valence-electron chi connectivity index (χ1n) is 8.80. The number of hydrogen-bond donors (Lipinski definition) is 0. The van der Waals surface area contributed by atoms with E-state index >= 15 is 0 Å². The summed E-state index contributed by atoms with van der Waals surface area (Å²) in [7, 11) is 1.40. The Bertz CT molecular complexity index is 1010. The lowest BCUT2D eigenvalue weighted by molar-refractivity contribution is -0.137. The number of halogens is 6. The second-order valence-electron chi connectivity index (χ2n) is 6.42. The smallest absolute Gasteiger partial charge is 0.417 e. The van der Waals surface area contributed by atoms with Crippen molar-refractivity contribution in [1.29, 1.82) is 0 Å². The molecule has 0 aromatic heterocycles. The molecule has 0 heterocycles. The molecule has 0 saturated carbocycles. The van der Waals surface area contributed by atoms with Crippen LogP contribution in [0.2, 0.25) is 0 Å². The number of rotatable bonds is 4. The van der Waals surface area contributed by atoms with E-state index in [1.807, 2.05) is 0 Å². The van der Waals surface area contributed by atoms with Gasteiger partial charge in [-0.2, -0.15) is 26.3 Å². The first-order valence-corrected chi connectivity index (χ1v) is 8.80. The Balaban J connectivity index is 2.30. The monoisotopic (exact) mass is 422 g/mol. The summed E-state index contributed by atoms with van der Waals surface area (Å²) < 4.78 is 86.4. The normalized spacial score (nSPS) is 13.0. The van der Waals surface area contributed by atoms with Gasteiger partial charge in [-0.05, 0) is 41.0 Å². The van der Waals surface area contributed by atoms with Crippen LogP contribution in [0, 0.1) is 0 Å². The average molecular weight is 422 g/mol. The van der Waals surface area contributed by atoms with E-state index in [-0.39, 0.29) is 22.3 Å². The Morgan fingerprint density at radius 1 is 0.633 bits per heavy atom. The maximum Gasteiger partial charge on any atom is 0.417 e. The zero-order valence-corrected chi connectivity index (χ0v) is 15.7. The van der Waals surface area contributed by atoms with E-state index in [2.05, 4.69) is 0 Å². The molecule has 0 atom stereocenters. The minimum Gasteiger partial charge on any atom is -0.497 e.